The lowest BCUT2D eigenvalue weighted by Crippen LogP contribution is -2.08. The summed E-state index contributed by atoms with van der Waals surface area (Å²) < 4.78 is 7.87. The van der Waals surface area contributed by atoms with Crippen LogP contribution in [0.2, 0.25) is 0 Å². The number of thiophene rings is 2. The fraction of sp³-hybridized carbons (Fsp3) is 0.250. The van der Waals surface area contributed by atoms with Crippen LogP contribution in [-0.4, -0.2) is 26.3 Å². The van der Waals surface area contributed by atoms with Crippen LogP contribution in [0.3, 0.4) is 0 Å². The molecule has 0 bridgehead atoms. The predicted octanol–water partition coefficient (Wildman–Crippen LogP) is 5.50. The number of Topliss-reactive ketones (excluding diaryl/α,β-unsaturated/α-hetero) is 1. The number of aryl methyl sites for hydroxylation is 2. The molecule has 4 aromatic rings. The maximum absolute atomic E-state index is 12.8. The minimum Gasteiger partial charge on any atom is -0.410 e. The molecule has 8 heteroatoms. The second kappa shape index (κ2) is 8.46. The second-order valence-corrected chi connectivity index (χ2v) is 9.23. The molecule has 0 radical (unpaired) electrons. The van der Waals surface area contributed by atoms with E-state index in [-0.39, 0.29) is 11.5 Å². The lowest BCUT2D eigenvalue weighted by atomic mass is 10.2. The van der Waals surface area contributed by atoms with E-state index in [4.69, 9.17) is 4.42 Å². The Balaban J connectivity index is 1.40. The molecule has 0 aliphatic heterocycles. The molecule has 144 valence electrons. The molecular weight excluding hydrogens is 410 g/mol. The molecule has 0 unspecified atom stereocenters. The third-order valence-electron chi connectivity index (χ3n) is 4.50. The van der Waals surface area contributed by atoms with E-state index in [1.807, 2.05) is 30.5 Å². The first-order valence-electron chi connectivity index (χ1n) is 8.84. The zero-order valence-electron chi connectivity index (χ0n) is 15.5. The summed E-state index contributed by atoms with van der Waals surface area (Å²) in [5, 5.41) is 12.6. The molecule has 0 amide bonds. The van der Waals surface area contributed by atoms with Crippen molar-refractivity contribution in [2.45, 2.75) is 32.0 Å². The van der Waals surface area contributed by atoms with Crippen molar-refractivity contribution >= 4 is 40.2 Å². The minimum absolute atomic E-state index is 0.0800. The Bertz CT molecular complexity index is 1060. The number of ketones is 1. The number of hydrogen-bond donors (Lipinski definition) is 0. The Morgan fingerprint density at radius 3 is 2.75 bits per heavy atom. The van der Waals surface area contributed by atoms with Crippen molar-refractivity contribution in [2.75, 3.05) is 5.75 Å². The van der Waals surface area contributed by atoms with Crippen LogP contribution in [0.4, 0.5) is 0 Å². The van der Waals surface area contributed by atoms with Gasteiger partial charge in [0.2, 0.25) is 0 Å². The SMILES string of the molecule is Cc1cc(C(=O)CSc2nnc(-c3cccs3)o2)c(C)n1CCc1cccs1. The quantitative estimate of drug-likeness (QED) is 0.274. The van der Waals surface area contributed by atoms with Gasteiger partial charge in [0.15, 0.2) is 5.78 Å². The van der Waals surface area contributed by atoms with Crippen molar-refractivity contribution in [1.29, 1.82) is 0 Å². The zero-order chi connectivity index (χ0) is 19.5. The van der Waals surface area contributed by atoms with Crippen molar-refractivity contribution in [2.24, 2.45) is 0 Å². The van der Waals surface area contributed by atoms with Gasteiger partial charge in [-0.05, 0) is 49.2 Å². The predicted molar refractivity (Wildman–Crippen MR) is 115 cm³/mol. The Labute approximate surface area is 175 Å². The number of thioether (sulfide) groups is 1. The van der Waals surface area contributed by atoms with Gasteiger partial charge in [-0.15, -0.1) is 32.9 Å². The van der Waals surface area contributed by atoms with Gasteiger partial charge < -0.3 is 8.98 Å². The molecule has 0 aliphatic rings. The van der Waals surface area contributed by atoms with Gasteiger partial charge in [0.25, 0.3) is 11.1 Å². The molecule has 0 saturated carbocycles. The van der Waals surface area contributed by atoms with E-state index in [1.54, 1.807) is 22.7 Å². The molecule has 4 heterocycles. The number of rotatable bonds is 8. The lowest BCUT2D eigenvalue weighted by Gasteiger charge is -2.08. The number of aromatic nitrogens is 3. The highest BCUT2D eigenvalue weighted by Gasteiger charge is 2.18. The molecule has 0 aliphatic carbocycles. The van der Waals surface area contributed by atoms with Crippen LogP contribution in [0.1, 0.15) is 26.6 Å². The summed E-state index contributed by atoms with van der Waals surface area (Å²) >= 11 is 4.60. The van der Waals surface area contributed by atoms with E-state index in [9.17, 15) is 4.79 Å². The Morgan fingerprint density at radius 1 is 1.18 bits per heavy atom. The van der Waals surface area contributed by atoms with Gasteiger partial charge >= 0.3 is 0 Å². The summed E-state index contributed by atoms with van der Waals surface area (Å²) in [6, 6.07) is 10.1. The number of hydrogen-bond acceptors (Lipinski definition) is 7. The smallest absolute Gasteiger partial charge is 0.277 e. The first kappa shape index (κ1) is 19.2. The van der Waals surface area contributed by atoms with Crippen LogP contribution < -0.4 is 0 Å². The van der Waals surface area contributed by atoms with Crippen LogP contribution in [0.25, 0.3) is 10.8 Å². The molecule has 0 saturated heterocycles. The second-order valence-electron chi connectivity index (χ2n) is 6.33. The largest absolute Gasteiger partial charge is 0.410 e. The third kappa shape index (κ3) is 4.14. The highest BCUT2D eigenvalue weighted by Crippen LogP contribution is 2.27. The molecule has 4 aromatic heterocycles. The standard InChI is InChI=1S/C20H19N3O2S3/c1-13-11-16(14(2)23(13)8-7-15-5-3-9-26-15)17(24)12-28-20-22-21-19(25-20)18-6-4-10-27-18/h3-6,9-11H,7-8,12H2,1-2H3. The summed E-state index contributed by atoms with van der Waals surface area (Å²) in [5.74, 6) is 0.856. The van der Waals surface area contributed by atoms with Crippen LogP contribution in [0.5, 0.6) is 0 Å². The highest BCUT2D eigenvalue weighted by molar-refractivity contribution is 7.99. The topological polar surface area (TPSA) is 60.9 Å². The van der Waals surface area contributed by atoms with Crippen LogP contribution >= 0.6 is 34.4 Å². The molecule has 4 rings (SSSR count). The van der Waals surface area contributed by atoms with Gasteiger partial charge in [-0.25, -0.2) is 0 Å². The van der Waals surface area contributed by atoms with Crippen molar-refractivity contribution in [3.63, 3.8) is 0 Å². The molecule has 5 nitrogen and oxygen atoms in total. The first-order chi connectivity index (χ1) is 13.6. The van der Waals surface area contributed by atoms with E-state index < -0.39 is 0 Å². The van der Waals surface area contributed by atoms with Crippen LogP contribution in [0.15, 0.2) is 50.7 Å². The Kier molecular flexibility index (Phi) is 5.79. The van der Waals surface area contributed by atoms with Crippen molar-refractivity contribution in [1.82, 2.24) is 14.8 Å². The van der Waals surface area contributed by atoms with Crippen molar-refractivity contribution in [3.05, 3.63) is 62.9 Å². The van der Waals surface area contributed by atoms with Gasteiger partial charge in [-0.1, -0.05) is 23.9 Å². The fourth-order valence-corrected chi connectivity index (χ4v) is 5.07. The number of carbonyl (C=O) groups excluding carboxylic acids is 1. The summed E-state index contributed by atoms with van der Waals surface area (Å²) in [4.78, 5) is 15.0. The zero-order valence-corrected chi connectivity index (χ0v) is 18.0. The summed E-state index contributed by atoms with van der Waals surface area (Å²) in [6.45, 7) is 4.95. The van der Waals surface area contributed by atoms with E-state index >= 15 is 0 Å². The molecule has 0 atom stereocenters. The van der Waals surface area contributed by atoms with Crippen LogP contribution in [-0.2, 0) is 13.0 Å². The van der Waals surface area contributed by atoms with E-state index in [2.05, 4.69) is 39.2 Å². The lowest BCUT2D eigenvalue weighted by molar-refractivity contribution is 0.102. The molecule has 0 aromatic carbocycles. The molecule has 0 spiro atoms. The minimum atomic E-state index is 0.0800. The molecule has 0 N–H and O–H groups in total. The van der Waals surface area contributed by atoms with E-state index in [1.165, 1.54) is 16.6 Å². The van der Waals surface area contributed by atoms with E-state index in [0.717, 1.165) is 34.8 Å². The summed E-state index contributed by atoms with van der Waals surface area (Å²) in [6.07, 6.45) is 0.976. The van der Waals surface area contributed by atoms with Crippen molar-refractivity contribution < 1.29 is 9.21 Å². The number of carbonyl (C=O) groups is 1. The van der Waals surface area contributed by atoms with E-state index in [0.29, 0.717) is 11.1 Å². The van der Waals surface area contributed by atoms with Gasteiger partial charge in [-0.3, -0.25) is 4.79 Å². The van der Waals surface area contributed by atoms with Crippen molar-refractivity contribution in [3.8, 4) is 10.8 Å². The van der Waals surface area contributed by atoms with Gasteiger partial charge in [0.05, 0.1) is 10.6 Å². The van der Waals surface area contributed by atoms with Crippen LogP contribution in [0, 0.1) is 13.8 Å². The summed E-state index contributed by atoms with van der Waals surface area (Å²) in [7, 11) is 0. The van der Waals surface area contributed by atoms with Gasteiger partial charge in [-0.2, -0.15) is 0 Å². The average molecular weight is 430 g/mol. The monoisotopic (exact) mass is 429 g/mol. The molecular formula is C20H19N3O2S3. The average Bonchev–Trinajstić information content (AvgIpc) is 3.47. The van der Waals surface area contributed by atoms with Gasteiger partial charge in [0, 0.05) is 28.4 Å². The normalized spacial score (nSPS) is 11.2. The fourth-order valence-electron chi connectivity index (χ4n) is 3.08. The summed E-state index contributed by atoms with van der Waals surface area (Å²) in [5.41, 5.74) is 2.90. The molecule has 0 fully saturated rings. The highest BCUT2D eigenvalue weighted by atomic mass is 32.2. The maximum atomic E-state index is 12.8. The first-order valence-corrected chi connectivity index (χ1v) is 11.6. The maximum Gasteiger partial charge on any atom is 0.277 e. The molecule has 28 heavy (non-hydrogen) atoms. The number of nitrogens with zero attached hydrogens (tertiary/aromatic N) is 3. The third-order valence-corrected chi connectivity index (χ3v) is 7.11. The van der Waals surface area contributed by atoms with Gasteiger partial charge in [0.1, 0.15) is 0 Å². The Morgan fingerprint density at radius 2 is 2.00 bits per heavy atom. The Hall–Kier alpha value is -2.16.